The van der Waals surface area contributed by atoms with Crippen molar-refractivity contribution in [3.05, 3.63) is 34.3 Å². The van der Waals surface area contributed by atoms with Crippen LogP contribution in [-0.4, -0.2) is 24.4 Å². The summed E-state index contributed by atoms with van der Waals surface area (Å²) in [6.45, 7) is 2.62. The summed E-state index contributed by atoms with van der Waals surface area (Å²) in [6, 6.07) is 7.66. The van der Waals surface area contributed by atoms with Gasteiger partial charge in [0, 0.05) is 18.1 Å². The molecule has 1 fully saturated rings. The van der Waals surface area contributed by atoms with Gasteiger partial charge < -0.3 is 10.6 Å². The molecule has 2 N–H and O–H groups in total. The van der Waals surface area contributed by atoms with Gasteiger partial charge in [0.05, 0.1) is 0 Å². The number of hydrogen-bond acceptors (Lipinski definition) is 2. The molecule has 0 spiro atoms. The zero-order valence-electron chi connectivity index (χ0n) is 12.2. The van der Waals surface area contributed by atoms with Gasteiger partial charge in [-0.25, -0.2) is 0 Å². The summed E-state index contributed by atoms with van der Waals surface area (Å²) < 4.78 is 0.990. The third-order valence-corrected chi connectivity index (χ3v) is 4.77. The summed E-state index contributed by atoms with van der Waals surface area (Å²) in [6.07, 6.45) is 5.05. The SMILES string of the molecule is CN(CC1CCCC1)C(=O)C(C)(N)c1ccc(Br)cc1. The normalized spacial score (nSPS) is 18.8. The van der Waals surface area contributed by atoms with E-state index in [2.05, 4.69) is 15.9 Å². The van der Waals surface area contributed by atoms with Crippen LogP contribution in [0.1, 0.15) is 38.2 Å². The highest BCUT2D eigenvalue weighted by Crippen LogP contribution is 2.27. The van der Waals surface area contributed by atoms with Crippen molar-refractivity contribution >= 4 is 21.8 Å². The molecule has 0 aromatic heterocycles. The van der Waals surface area contributed by atoms with E-state index in [1.165, 1.54) is 25.7 Å². The fourth-order valence-electron chi connectivity index (χ4n) is 2.98. The second-order valence-corrected chi connectivity index (χ2v) is 6.96. The fraction of sp³-hybridized carbons (Fsp3) is 0.562. The highest BCUT2D eigenvalue weighted by Gasteiger charge is 2.34. The minimum Gasteiger partial charge on any atom is -0.344 e. The maximum absolute atomic E-state index is 12.6. The lowest BCUT2D eigenvalue weighted by molar-refractivity contribution is -0.136. The van der Waals surface area contributed by atoms with E-state index in [0.717, 1.165) is 16.6 Å². The standard InChI is InChI=1S/C16H23BrN2O/c1-16(18,13-7-9-14(17)10-8-13)15(20)19(2)11-12-5-3-4-6-12/h7-10,12H,3-6,11,18H2,1-2H3. The fourth-order valence-corrected chi connectivity index (χ4v) is 3.24. The first kappa shape index (κ1) is 15.5. The average molecular weight is 339 g/mol. The molecule has 1 amide bonds. The third-order valence-electron chi connectivity index (χ3n) is 4.24. The van der Waals surface area contributed by atoms with Crippen molar-refractivity contribution in [2.24, 2.45) is 11.7 Å². The van der Waals surface area contributed by atoms with Gasteiger partial charge >= 0.3 is 0 Å². The average Bonchev–Trinajstić information content (AvgIpc) is 2.91. The van der Waals surface area contributed by atoms with Crippen molar-refractivity contribution in [1.82, 2.24) is 4.90 Å². The molecule has 2 rings (SSSR count). The molecule has 1 saturated carbocycles. The zero-order valence-corrected chi connectivity index (χ0v) is 13.8. The molecule has 1 aromatic rings. The van der Waals surface area contributed by atoms with Crippen LogP contribution < -0.4 is 5.73 Å². The van der Waals surface area contributed by atoms with Gasteiger partial charge in [-0.2, -0.15) is 0 Å². The maximum atomic E-state index is 12.6. The van der Waals surface area contributed by atoms with Gasteiger partial charge in [-0.1, -0.05) is 40.9 Å². The number of benzene rings is 1. The van der Waals surface area contributed by atoms with Crippen molar-refractivity contribution < 1.29 is 4.79 Å². The Morgan fingerprint density at radius 1 is 1.35 bits per heavy atom. The molecule has 1 aromatic carbocycles. The molecule has 20 heavy (non-hydrogen) atoms. The monoisotopic (exact) mass is 338 g/mol. The first-order valence-corrected chi connectivity index (χ1v) is 8.01. The Hall–Kier alpha value is -0.870. The molecule has 110 valence electrons. The molecule has 0 heterocycles. The first-order valence-electron chi connectivity index (χ1n) is 7.21. The molecule has 0 bridgehead atoms. The van der Waals surface area contributed by atoms with Crippen LogP contribution >= 0.6 is 15.9 Å². The number of likely N-dealkylation sites (N-methyl/N-ethyl adjacent to an activating group) is 1. The Bertz CT molecular complexity index is 464. The van der Waals surface area contributed by atoms with Gasteiger partial charge in [-0.05, 0) is 43.4 Å². The molecule has 1 atom stereocenters. The van der Waals surface area contributed by atoms with Crippen LogP contribution in [0.2, 0.25) is 0 Å². The Balaban J connectivity index is 2.07. The van der Waals surface area contributed by atoms with E-state index in [4.69, 9.17) is 5.73 Å². The number of nitrogens with two attached hydrogens (primary N) is 1. The topological polar surface area (TPSA) is 46.3 Å². The highest BCUT2D eigenvalue weighted by molar-refractivity contribution is 9.10. The van der Waals surface area contributed by atoms with Crippen molar-refractivity contribution in [3.8, 4) is 0 Å². The number of rotatable bonds is 4. The van der Waals surface area contributed by atoms with Crippen LogP contribution in [0.3, 0.4) is 0 Å². The van der Waals surface area contributed by atoms with Gasteiger partial charge in [-0.15, -0.1) is 0 Å². The van der Waals surface area contributed by atoms with Crippen LogP contribution in [0.5, 0.6) is 0 Å². The van der Waals surface area contributed by atoms with Crippen LogP contribution in [-0.2, 0) is 10.3 Å². The van der Waals surface area contributed by atoms with Gasteiger partial charge in [-0.3, -0.25) is 4.79 Å². The summed E-state index contributed by atoms with van der Waals surface area (Å²) in [5.74, 6) is 0.636. The van der Waals surface area contributed by atoms with Gasteiger partial charge in [0.25, 0.3) is 0 Å². The number of nitrogens with zero attached hydrogens (tertiary/aromatic N) is 1. The number of carbonyl (C=O) groups is 1. The summed E-state index contributed by atoms with van der Waals surface area (Å²) in [5.41, 5.74) is 6.19. The Morgan fingerprint density at radius 3 is 2.45 bits per heavy atom. The lowest BCUT2D eigenvalue weighted by Gasteiger charge is -2.31. The minimum absolute atomic E-state index is 0.00766. The predicted octanol–water partition coefficient (Wildman–Crippen LogP) is 3.27. The number of hydrogen-bond donors (Lipinski definition) is 1. The molecule has 3 nitrogen and oxygen atoms in total. The summed E-state index contributed by atoms with van der Waals surface area (Å²) in [4.78, 5) is 14.4. The largest absolute Gasteiger partial charge is 0.344 e. The van der Waals surface area contributed by atoms with Gasteiger partial charge in [0.15, 0.2) is 0 Å². The van der Waals surface area contributed by atoms with Crippen LogP contribution in [0.4, 0.5) is 0 Å². The van der Waals surface area contributed by atoms with Gasteiger partial charge in [0.1, 0.15) is 5.54 Å². The molecule has 1 aliphatic rings. The third kappa shape index (κ3) is 3.41. The summed E-state index contributed by atoms with van der Waals surface area (Å²) in [5, 5.41) is 0. The molecule has 0 aliphatic heterocycles. The van der Waals surface area contributed by atoms with Crippen LogP contribution in [0.15, 0.2) is 28.7 Å². The van der Waals surface area contributed by atoms with Crippen molar-refractivity contribution in [2.45, 2.75) is 38.1 Å². The maximum Gasteiger partial charge on any atom is 0.246 e. The van der Waals surface area contributed by atoms with E-state index in [1.54, 1.807) is 11.8 Å². The predicted molar refractivity (Wildman–Crippen MR) is 85.3 cm³/mol. The second kappa shape index (κ2) is 6.27. The Morgan fingerprint density at radius 2 is 1.90 bits per heavy atom. The molecule has 0 saturated heterocycles. The highest BCUT2D eigenvalue weighted by atomic mass is 79.9. The van der Waals surface area contributed by atoms with E-state index in [1.807, 2.05) is 31.3 Å². The molecule has 1 aliphatic carbocycles. The number of amides is 1. The number of carbonyl (C=O) groups excluding carboxylic acids is 1. The van der Waals surface area contributed by atoms with E-state index in [9.17, 15) is 4.79 Å². The second-order valence-electron chi connectivity index (χ2n) is 6.05. The lowest BCUT2D eigenvalue weighted by atomic mass is 9.91. The van der Waals surface area contributed by atoms with Gasteiger partial charge in [0.2, 0.25) is 5.91 Å². The molecule has 4 heteroatoms. The van der Waals surface area contributed by atoms with Crippen molar-refractivity contribution in [3.63, 3.8) is 0 Å². The molecular weight excluding hydrogens is 316 g/mol. The Labute approximate surface area is 129 Å². The van der Waals surface area contributed by atoms with E-state index >= 15 is 0 Å². The molecular formula is C16H23BrN2O. The van der Waals surface area contributed by atoms with E-state index in [-0.39, 0.29) is 5.91 Å². The van der Waals surface area contributed by atoms with Crippen LogP contribution in [0.25, 0.3) is 0 Å². The summed E-state index contributed by atoms with van der Waals surface area (Å²) >= 11 is 3.40. The molecule has 0 radical (unpaired) electrons. The van der Waals surface area contributed by atoms with Crippen LogP contribution in [0, 0.1) is 5.92 Å². The lowest BCUT2D eigenvalue weighted by Crippen LogP contribution is -2.50. The summed E-state index contributed by atoms with van der Waals surface area (Å²) in [7, 11) is 1.87. The van der Waals surface area contributed by atoms with E-state index in [0.29, 0.717) is 5.92 Å². The number of halogens is 1. The Kier molecular flexibility index (Phi) is 4.86. The van der Waals surface area contributed by atoms with E-state index < -0.39 is 5.54 Å². The first-order chi connectivity index (χ1) is 9.41. The minimum atomic E-state index is -0.964. The smallest absolute Gasteiger partial charge is 0.246 e. The molecule has 1 unspecified atom stereocenters. The van der Waals surface area contributed by atoms with Crippen molar-refractivity contribution in [1.29, 1.82) is 0 Å². The van der Waals surface area contributed by atoms with Crippen molar-refractivity contribution in [2.75, 3.05) is 13.6 Å². The zero-order chi connectivity index (χ0) is 14.8. The quantitative estimate of drug-likeness (QED) is 0.915.